The summed E-state index contributed by atoms with van der Waals surface area (Å²) in [4.78, 5) is 60.1. The van der Waals surface area contributed by atoms with Gasteiger partial charge in [-0.25, -0.2) is 0 Å². The summed E-state index contributed by atoms with van der Waals surface area (Å²) in [6.45, 7) is -1.46. The third kappa shape index (κ3) is 5.28. The van der Waals surface area contributed by atoms with E-state index in [4.69, 9.17) is 4.74 Å². The quantitative estimate of drug-likeness (QED) is 0.166. The van der Waals surface area contributed by atoms with E-state index in [0.29, 0.717) is 22.0 Å². The summed E-state index contributed by atoms with van der Waals surface area (Å²) in [5.41, 5.74) is 0.577. The fourth-order valence-corrected chi connectivity index (χ4v) is 3.35. The average Bonchev–Trinajstić information content (AvgIpc) is 3.12. The summed E-state index contributed by atoms with van der Waals surface area (Å²) < 4.78 is 4.86. The molecular weight excluding hydrogens is 470 g/mol. The van der Waals surface area contributed by atoms with E-state index < -0.39 is 47.5 Å². The zero-order valence-corrected chi connectivity index (χ0v) is 18.5. The van der Waals surface area contributed by atoms with Crippen LogP contribution in [0, 0.1) is 10.1 Å². The number of esters is 1. The van der Waals surface area contributed by atoms with Gasteiger partial charge in [0.25, 0.3) is 23.4 Å². The molecule has 0 aromatic heterocycles. The average molecular weight is 487 g/mol. The van der Waals surface area contributed by atoms with Gasteiger partial charge in [0.2, 0.25) is 0 Å². The van der Waals surface area contributed by atoms with Gasteiger partial charge in [-0.05, 0) is 42.5 Å². The van der Waals surface area contributed by atoms with E-state index in [2.05, 4.69) is 15.5 Å². The lowest BCUT2D eigenvalue weighted by atomic mass is 10.1. The van der Waals surface area contributed by atoms with Crippen molar-refractivity contribution in [3.63, 3.8) is 0 Å². The lowest BCUT2D eigenvalue weighted by Crippen LogP contribution is -2.36. The van der Waals surface area contributed by atoms with Gasteiger partial charge in [-0.3, -0.25) is 34.2 Å². The van der Waals surface area contributed by atoms with Crippen LogP contribution in [0.4, 0.5) is 22.7 Å². The molecule has 0 aliphatic carbocycles. The van der Waals surface area contributed by atoms with Gasteiger partial charge in [-0.1, -0.05) is 24.3 Å². The first-order valence-electron chi connectivity index (χ1n) is 10.5. The van der Waals surface area contributed by atoms with Crippen LogP contribution in [0.3, 0.4) is 0 Å². The lowest BCUT2D eigenvalue weighted by Gasteiger charge is -2.13. The van der Waals surface area contributed by atoms with Crippen molar-refractivity contribution in [2.75, 3.05) is 18.5 Å². The van der Waals surface area contributed by atoms with Crippen LogP contribution in [0.25, 0.3) is 0 Å². The minimum atomic E-state index is -1.03. The van der Waals surface area contributed by atoms with E-state index in [0.717, 1.165) is 6.07 Å². The number of nitrogens with one attached hydrogen (secondary N) is 1. The third-order valence-electron chi connectivity index (χ3n) is 5.01. The van der Waals surface area contributed by atoms with E-state index in [9.17, 15) is 29.3 Å². The van der Waals surface area contributed by atoms with Crippen molar-refractivity contribution < 1.29 is 28.8 Å². The number of nitro groups is 1. The number of carbonyl (C=O) groups excluding carboxylic acids is 4. The van der Waals surface area contributed by atoms with Crippen molar-refractivity contribution in [1.29, 1.82) is 0 Å². The Balaban J connectivity index is 1.28. The fourth-order valence-electron chi connectivity index (χ4n) is 3.35. The van der Waals surface area contributed by atoms with Crippen LogP contribution in [0.5, 0.6) is 0 Å². The van der Waals surface area contributed by atoms with E-state index in [-0.39, 0.29) is 11.1 Å². The Morgan fingerprint density at radius 3 is 2.22 bits per heavy atom. The largest absolute Gasteiger partial charge is 0.454 e. The van der Waals surface area contributed by atoms with Crippen LogP contribution in [0.15, 0.2) is 83.0 Å². The lowest BCUT2D eigenvalue weighted by molar-refractivity contribution is -0.385. The Morgan fingerprint density at radius 2 is 1.56 bits per heavy atom. The molecule has 0 unspecified atom stereocenters. The molecule has 1 aliphatic heterocycles. The molecule has 0 saturated carbocycles. The predicted molar refractivity (Wildman–Crippen MR) is 125 cm³/mol. The molecule has 180 valence electrons. The normalized spacial score (nSPS) is 12.5. The van der Waals surface area contributed by atoms with Crippen LogP contribution in [0.1, 0.15) is 20.7 Å². The Kier molecular flexibility index (Phi) is 6.86. The molecule has 12 nitrogen and oxygen atoms in total. The van der Waals surface area contributed by atoms with E-state index >= 15 is 0 Å². The number of nitro benzene ring substituents is 1. The maximum absolute atomic E-state index is 12.5. The van der Waals surface area contributed by atoms with Gasteiger partial charge in [0, 0.05) is 11.8 Å². The van der Waals surface area contributed by atoms with Crippen LogP contribution in [-0.4, -0.2) is 46.7 Å². The first-order valence-corrected chi connectivity index (χ1v) is 10.5. The van der Waals surface area contributed by atoms with Crippen LogP contribution in [0.2, 0.25) is 0 Å². The number of nitrogens with zero attached hydrogens (tertiary/aromatic N) is 4. The summed E-state index contributed by atoms with van der Waals surface area (Å²) >= 11 is 0. The molecule has 3 aromatic rings. The van der Waals surface area contributed by atoms with Crippen molar-refractivity contribution in [2.45, 2.75) is 0 Å². The second kappa shape index (κ2) is 10.3. The van der Waals surface area contributed by atoms with Crippen molar-refractivity contribution >= 4 is 46.4 Å². The predicted octanol–water partition coefficient (Wildman–Crippen LogP) is 3.79. The number of rotatable bonds is 8. The second-order valence-electron chi connectivity index (χ2n) is 7.44. The van der Waals surface area contributed by atoms with Crippen molar-refractivity contribution in [3.8, 4) is 0 Å². The molecule has 0 radical (unpaired) electrons. The smallest absolute Gasteiger partial charge is 0.326 e. The van der Waals surface area contributed by atoms with Crippen LogP contribution >= 0.6 is 0 Å². The molecule has 3 amide bonds. The standard InChI is InChI=1S/C24H17N5O7/c30-20(25-15-9-11-17(12-10-15)27-26-16-5-2-1-3-6-16)14-36-21(31)13-28-23(32)18-7-4-8-19(29(34)35)22(18)24(28)33/h1-12H,13-14H2,(H,25,30). The minimum Gasteiger partial charge on any atom is -0.454 e. The second-order valence-corrected chi connectivity index (χ2v) is 7.44. The molecule has 12 heteroatoms. The number of imide groups is 1. The summed E-state index contributed by atoms with van der Waals surface area (Å²) in [5.74, 6) is -3.52. The maximum atomic E-state index is 12.5. The zero-order chi connectivity index (χ0) is 25.7. The molecule has 0 spiro atoms. The monoisotopic (exact) mass is 487 g/mol. The SMILES string of the molecule is O=C(COC(=O)CN1C(=O)c2cccc([N+](=O)[O-])c2C1=O)Nc1ccc(N=Nc2ccccc2)cc1. The highest BCUT2D eigenvalue weighted by atomic mass is 16.6. The summed E-state index contributed by atoms with van der Waals surface area (Å²) in [6.07, 6.45) is 0. The number of ether oxygens (including phenoxy) is 1. The number of azo groups is 1. The highest BCUT2D eigenvalue weighted by molar-refractivity contribution is 6.24. The Bertz CT molecular complexity index is 1390. The molecule has 1 heterocycles. The Labute approximate surface area is 203 Å². The molecule has 3 aromatic carbocycles. The fraction of sp³-hybridized carbons (Fsp3) is 0.0833. The van der Waals surface area contributed by atoms with E-state index in [1.807, 2.05) is 18.2 Å². The van der Waals surface area contributed by atoms with Gasteiger partial charge in [0.1, 0.15) is 12.1 Å². The number of fused-ring (bicyclic) bond motifs is 1. The van der Waals surface area contributed by atoms with Crippen molar-refractivity contribution in [2.24, 2.45) is 10.2 Å². The number of anilines is 1. The molecule has 4 rings (SSSR count). The molecule has 36 heavy (non-hydrogen) atoms. The maximum Gasteiger partial charge on any atom is 0.326 e. The number of hydrogen-bond donors (Lipinski definition) is 1. The highest BCUT2D eigenvalue weighted by Gasteiger charge is 2.41. The minimum absolute atomic E-state index is 0.175. The van der Waals surface area contributed by atoms with Crippen LogP contribution < -0.4 is 5.32 Å². The van der Waals surface area contributed by atoms with Crippen LogP contribution in [-0.2, 0) is 14.3 Å². The summed E-state index contributed by atoms with van der Waals surface area (Å²) in [7, 11) is 0. The molecule has 1 aliphatic rings. The topological polar surface area (TPSA) is 161 Å². The van der Waals surface area contributed by atoms with E-state index in [1.165, 1.54) is 12.1 Å². The number of carbonyl (C=O) groups is 4. The molecule has 0 saturated heterocycles. The third-order valence-corrected chi connectivity index (χ3v) is 5.01. The number of hydrogen-bond acceptors (Lipinski definition) is 9. The van der Waals surface area contributed by atoms with Crippen molar-refractivity contribution in [1.82, 2.24) is 4.90 Å². The van der Waals surface area contributed by atoms with Gasteiger partial charge in [-0.15, -0.1) is 0 Å². The number of benzene rings is 3. The van der Waals surface area contributed by atoms with Gasteiger partial charge >= 0.3 is 5.97 Å². The molecule has 0 bridgehead atoms. The van der Waals surface area contributed by atoms with Gasteiger partial charge in [0.05, 0.1) is 21.9 Å². The van der Waals surface area contributed by atoms with E-state index in [1.54, 1.807) is 36.4 Å². The Hall–Kier alpha value is -5.26. The van der Waals surface area contributed by atoms with Gasteiger partial charge in [0.15, 0.2) is 6.61 Å². The number of amides is 3. The van der Waals surface area contributed by atoms with Gasteiger partial charge in [-0.2, -0.15) is 10.2 Å². The first-order chi connectivity index (χ1) is 17.3. The Morgan fingerprint density at radius 1 is 0.889 bits per heavy atom. The summed E-state index contributed by atoms with van der Waals surface area (Å²) in [5, 5.41) is 21.9. The highest BCUT2D eigenvalue weighted by Crippen LogP contribution is 2.30. The summed E-state index contributed by atoms with van der Waals surface area (Å²) in [6, 6.07) is 19.2. The molecular formula is C24H17N5O7. The molecule has 0 atom stereocenters. The molecule has 0 fully saturated rings. The molecule has 1 N–H and O–H groups in total. The zero-order valence-electron chi connectivity index (χ0n) is 18.5. The first kappa shape index (κ1) is 23.9. The van der Waals surface area contributed by atoms with Gasteiger partial charge < -0.3 is 10.1 Å². The van der Waals surface area contributed by atoms with Crippen molar-refractivity contribution in [3.05, 3.63) is 94.0 Å².